The zero-order valence-corrected chi connectivity index (χ0v) is 12.6. The van der Waals surface area contributed by atoms with Crippen LogP contribution in [0.1, 0.15) is 54.3 Å². The van der Waals surface area contributed by atoms with Crippen LogP contribution in [0.3, 0.4) is 0 Å². The molecule has 3 nitrogen and oxygen atoms in total. The topological polar surface area (TPSA) is 49.3 Å². The third-order valence-corrected chi connectivity index (χ3v) is 4.67. The maximum Gasteiger partial charge on any atom is 0.262 e. The highest BCUT2D eigenvalue weighted by atomic mass is 32.1. The predicted molar refractivity (Wildman–Crippen MR) is 81.8 cm³/mol. The van der Waals surface area contributed by atoms with Gasteiger partial charge in [-0.2, -0.15) is 0 Å². The van der Waals surface area contributed by atoms with E-state index in [0.717, 1.165) is 12.0 Å². The van der Waals surface area contributed by atoms with Crippen molar-refractivity contribution < 1.29 is 9.90 Å². The Morgan fingerprint density at radius 1 is 1.50 bits per heavy atom. The highest BCUT2D eigenvalue weighted by Crippen LogP contribution is 2.25. The second-order valence-electron chi connectivity index (χ2n) is 5.28. The van der Waals surface area contributed by atoms with Crippen molar-refractivity contribution in [2.24, 2.45) is 5.92 Å². The number of hydrogen-bond acceptors (Lipinski definition) is 3. The molecule has 0 spiro atoms. The zero-order chi connectivity index (χ0) is 14.4. The Hall–Kier alpha value is -1.31. The van der Waals surface area contributed by atoms with Gasteiger partial charge in [0.1, 0.15) is 4.88 Å². The van der Waals surface area contributed by atoms with Gasteiger partial charge in [0.2, 0.25) is 0 Å². The van der Waals surface area contributed by atoms with Gasteiger partial charge in [-0.15, -0.1) is 11.3 Å². The van der Waals surface area contributed by atoms with Gasteiger partial charge in [0.15, 0.2) is 0 Å². The van der Waals surface area contributed by atoms with Crippen molar-refractivity contribution in [3.63, 3.8) is 0 Å². The van der Waals surface area contributed by atoms with E-state index in [2.05, 4.69) is 24.1 Å². The van der Waals surface area contributed by atoms with Crippen LogP contribution in [0.4, 0.5) is 0 Å². The van der Waals surface area contributed by atoms with Crippen LogP contribution in [-0.2, 0) is 0 Å². The lowest BCUT2D eigenvalue weighted by Gasteiger charge is -2.29. The minimum absolute atomic E-state index is 0.00736. The zero-order valence-electron chi connectivity index (χ0n) is 11.8. The molecule has 1 aromatic heterocycles. The fraction of sp³-hybridized carbons (Fsp3) is 0.562. The largest absolute Gasteiger partial charge is 0.395 e. The Kier molecular flexibility index (Phi) is 5.63. The SMILES string of the molecule is CC1CCCCC1NC(=O)c1sccc1C#CCCO. The van der Waals surface area contributed by atoms with Gasteiger partial charge in [-0.25, -0.2) is 0 Å². The monoisotopic (exact) mass is 291 g/mol. The number of aliphatic hydroxyl groups is 1. The first kappa shape index (κ1) is 15.1. The number of amides is 1. The Morgan fingerprint density at radius 2 is 2.30 bits per heavy atom. The van der Waals surface area contributed by atoms with Crippen LogP contribution < -0.4 is 5.32 Å². The summed E-state index contributed by atoms with van der Waals surface area (Å²) in [4.78, 5) is 13.0. The molecule has 20 heavy (non-hydrogen) atoms. The lowest BCUT2D eigenvalue weighted by Crippen LogP contribution is -2.40. The Morgan fingerprint density at radius 3 is 3.05 bits per heavy atom. The fourth-order valence-electron chi connectivity index (χ4n) is 2.56. The maximum atomic E-state index is 12.4. The number of thiophene rings is 1. The number of carbonyl (C=O) groups is 1. The summed E-state index contributed by atoms with van der Waals surface area (Å²) in [5, 5.41) is 13.8. The van der Waals surface area contributed by atoms with Gasteiger partial charge in [-0.3, -0.25) is 4.79 Å². The molecule has 0 bridgehead atoms. The molecular formula is C16H21NO2S. The molecule has 2 unspecified atom stereocenters. The second kappa shape index (κ2) is 7.47. The van der Waals surface area contributed by atoms with Gasteiger partial charge in [0.05, 0.1) is 6.61 Å². The molecule has 1 amide bonds. The van der Waals surface area contributed by atoms with Crippen molar-refractivity contribution in [3.8, 4) is 11.8 Å². The molecule has 2 N–H and O–H groups in total. The van der Waals surface area contributed by atoms with Crippen LogP contribution in [0, 0.1) is 17.8 Å². The van der Waals surface area contributed by atoms with E-state index < -0.39 is 0 Å². The number of hydrogen-bond donors (Lipinski definition) is 2. The van der Waals surface area contributed by atoms with Crippen LogP contribution in [0.2, 0.25) is 0 Å². The Bertz CT molecular complexity index is 512. The van der Waals surface area contributed by atoms with Crippen LogP contribution in [0.25, 0.3) is 0 Å². The van der Waals surface area contributed by atoms with E-state index in [4.69, 9.17) is 5.11 Å². The first-order valence-electron chi connectivity index (χ1n) is 7.20. The molecule has 1 fully saturated rings. The van der Waals surface area contributed by atoms with Crippen LogP contribution in [0.15, 0.2) is 11.4 Å². The lowest BCUT2D eigenvalue weighted by molar-refractivity contribution is 0.0914. The quantitative estimate of drug-likeness (QED) is 0.841. The standard InChI is InChI=1S/C16H21NO2S/c1-12-6-2-3-8-14(12)17-16(19)15-13(9-11-20-15)7-4-5-10-18/h9,11-12,14,18H,2-3,5-6,8,10H2,1H3,(H,17,19). The molecule has 1 saturated carbocycles. The Labute approximate surface area is 124 Å². The summed E-state index contributed by atoms with van der Waals surface area (Å²) in [5.41, 5.74) is 0.768. The summed E-state index contributed by atoms with van der Waals surface area (Å²) >= 11 is 1.43. The molecule has 1 aromatic rings. The van der Waals surface area contributed by atoms with Gasteiger partial charge in [0, 0.05) is 18.0 Å². The van der Waals surface area contributed by atoms with Crippen molar-refractivity contribution >= 4 is 17.2 Å². The third kappa shape index (κ3) is 3.84. The molecule has 1 heterocycles. The molecule has 108 valence electrons. The summed E-state index contributed by atoms with van der Waals surface area (Å²) in [6.07, 6.45) is 5.17. The van der Waals surface area contributed by atoms with E-state index in [9.17, 15) is 4.79 Å². The first-order valence-corrected chi connectivity index (χ1v) is 8.08. The van der Waals surface area contributed by atoms with Gasteiger partial charge in [-0.1, -0.05) is 31.6 Å². The summed E-state index contributed by atoms with van der Waals surface area (Å²) in [5.74, 6) is 6.38. The molecule has 0 aromatic carbocycles. The van der Waals surface area contributed by atoms with E-state index in [1.165, 1.54) is 30.6 Å². The van der Waals surface area contributed by atoms with E-state index in [0.29, 0.717) is 17.2 Å². The second-order valence-corrected chi connectivity index (χ2v) is 6.20. The van der Waals surface area contributed by atoms with Crippen LogP contribution in [0.5, 0.6) is 0 Å². The van der Waals surface area contributed by atoms with Crippen molar-refractivity contribution in [1.29, 1.82) is 0 Å². The molecule has 0 radical (unpaired) electrons. The van der Waals surface area contributed by atoms with Crippen LogP contribution in [-0.4, -0.2) is 23.7 Å². The predicted octanol–water partition coefficient (Wildman–Crippen LogP) is 2.79. The molecule has 0 saturated heterocycles. The van der Waals surface area contributed by atoms with Gasteiger partial charge in [0.25, 0.3) is 5.91 Å². The molecule has 0 aliphatic heterocycles. The highest BCUT2D eigenvalue weighted by Gasteiger charge is 2.24. The van der Waals surface area contributed by atoms with E-state index >= 15 is 0 Å². The lowest BCUT2D eigenvalue weighted by atomic mass is 9.86. The molecule has 2 atom stereocenters. The third-order valence-electron chi connectivity index (χ3n) is 3.76. The fourth-order valence-corrected chi connectivity index (χ4v) is 3.31. The number of aliphatic hydroxyl groups excluding tert-OH is 1. The molecule has 1 aliphatic rings. The number of carbonyl (C=O) groups excluding carboxylic acids is 1. The molecule has 2 rings (SSSR count). The van der Waals surface area contributed by atoms with Gasteiger partial charge in [-0.05, 0) is 30.2 Å². The maximum absolute atomic E-state index is 12.4. The number of rotatable bonds is 3. The summed E-state index contributed by atoms with van der Waals surface area (Å²) in [7, 11) is 0. The summed E-state index contributed by atoms with van der Waals surface area (Å²) < 4.78 is 0. The minimum Gasteiger partial charge on any atom is -0.395 e. The smallest absolute Gasteiger partial charge is 0.262 e. The minimum atomic E-state index is -0.00736. The van der Waals surface area contributed by atoms with Crippen molar-refractivity contribution in [2.45, 2.75) is 45.1 Å². The van der Waals surface area contributed by atoms with Crippen molar-refractivity contribution in [3.05, 3.63) is 21.9 Å². The highest BCUT2D eigenvalue weighted by molar-refractivity contribution is 7.12. The summed E-state index contributed by atoms with van der Waals surface area (Å²) in [6.45, 7) is 2.26. The van der Waals surface area contributed by atoms with E-state index in [-0.39, 0.29) is 18.6 Å². The van der Waals surface area contributed by atoms with E-state index in [1.807, 2.05) is 11.4 Å². The summed E-state index contributed by atoms with van der Waals surface area (Å²) in [6, 6.07) is 2.16. The van der Waals surface area contributed by atoms with Crippen LogP contribution >= 0.6 is 11.3 Å². The van der Waals surface area contributed by atoms with Gasteiger partial charge < -0.3 is 10.4 Å². The number of nitrogens with one attached hydrogen (secondary N) is 1. The Balaban J connectivity index is 2.02. The molecular weight excluding hydrogens is 270 g/mol. The average molecular weight is 291 g/mol. The van der Waals surface area contributed by atoms with Crippen molar-refractivity contribution in [2.75, 3.05) is 6.61 Å². The van der Waals surface area contributed by atoms with Gasteiger partial charge >= 0.3 is 0 Å². The average Bonchev–Trinajstić information content (AvgIpc) is 2.90. The van der Waals surface area contributed by atoms with Crippen molar-refractivity contribution in [1.82, 2.24) is 5.32 Å². The normalized spacial score (nSPS) is 21.9. The molecule has 1 aliphatic carbocycles. The van der Waals surface area contributed by atoms with E-state index in [1.54, 1.807) is 0 Å². The molecule has 4 heteroatoms. The first-order chi connectivity index (χ1) is 9.72.